The lowest BCUT2D eigenvalue weighted by atomic mass is 10.1. The van der Waals surface area contributed by atoms with Crippen molar-refractivity contribution < 1.29 is 22.4 Å². The number of carbonyl (C=O) groups excluding carboxylic acids is 2. The Kier molecular flexibility index (Phi) is 5.51. The molecule has 0 bridgehead atoms. The summed E-state index contributed by atoms with van der Waals surface area (Å²) < 4.78 is 37.0. The van der Waals surface area contributed by atoms with Crippen LogP contribution in [0.3, 0.4) is 0 Å². The maximum Gasteiger partial charge on any atom is 0.227 e. The second kappa shape index (κ2) is 7.71. The van der Waals surface area contributed by atoms with Crippen LogP contribution in [0.5, 0.6) is 0 Å². The molecule has 0 radical (unpaired) electrons. The number of hydrogen-bond donors (Lipinski definition) is 1. The van der Waals surface area contributed by atoms with Crippen molar-refractivity contribution in [1.29, 1.82) is 0 Å². The molecule has 28 heavy (non-hydrogen) atoms. The maximum absolute atomic E-state index is 14.0. The molecule has 0 saturated carbocycles. The van der Waals surface area contributed by atoms with E-state index in [2.05, 4.69) is 5.32 Å². The van der Waals surface area contributed by atoms with Crippen molar-refractivity contribution in [3.8, 4) is 0 Å². The molecule has 1 saturated heterocycles. The van der Waals surface area contributed by atoms with E-state index in [9.17, 15) is 22.4 Å². The number of anilines is 1. The lowest BCUT2D eigenvalue weighted by molar-refractivity contribution is -0.126. The summed E-state index contributed by atoms with van der Waals surface area (Å²) in [6.07, 6.45) is 1.14. The summed E-state index contributed by atoms with van der Waals surface area (Å²) in [7, 11) is -3.28. The smallest absolute Gasteiger partial charge is 0.227 e. The Bertz CT molecular complexity index is 1010. The highest BCUT2D eigenvalue weighted by Gasteiger charge is 2.36. The average Bonchev–Trinajstić information content (AvgIpc) is 3.03. The van der Waals surface area contributed by atoms with Gasteiger partial charge in [0.1, 0.15) is 5.82 Å². The van der Waals surface area contributed by atoms with Crippen molar-refractivity contribution in [2.45, 2.75) is 24.3 Å². The first-order valence-electron chi connectivity index (χ1n) is 8.82. The number of halogens is 1. The Labute approximate surface area is 163 Å². The normalized spacial score (nSPS) is 18.2. The molecule has 1 fully saturated rings. The van der Waals surface area contributed by atoms with Gasteiger partial charge in [-0.05, 0) is 36.8 Å². The van der Waals surface area contributed by atoms with Gasteiger partial charge in [-0.15, -0.1) is 0 Å². The first-order valence-corrected chi connectivity index (χ1v) is 10.7. The van der Waals surface area contributed by atoms with Gasteiger partial charge in [-0.25, -0.2) is 12.8 Å². The molecule has 8 heteroatoms. The first kappa shape index (κ1) is 20.0. The van der Waals surface area contributed by atoms with Gasteiger partial charge in [0.05, 0.1) is 22.5 Å². The molecular formula is C20H21FN2O4S. The zero-order valence-electron chi connectivity index (χ0n) is 15.6. The van der Waals surface area contributed by atoms with E-state index < -0.39 is 21.6 Å². The van der Waals surface area contributed by atoms with E-state index >= 15 is 0 Å². The van der Waals surface area contributed by atoms with Crippen LogP contribution in [-0.2, 0) is 19.4 Å². The highest BCUT2D eigenvalue weighted by atomic mass is 32.2. The highest BCUT2D eigenvalue weighted by Crippen LogP contribution is 2.28. The Morgan fingerprint density at radius 1 is 1.18 bits per heavy atom. The van der Waals surface area contributed by atoms with E-state index in [-0.39, 0.29) is 41.4 Å². The first-order chi connectivity index (χ1) is 13.2. The number of nitrogens with one attached hydrogen (secondary N) is 1. The molecule has 1 aliphatic heterocycles. The van der Waals surface area contributed by atoms with Gasteiger partial charge < -0.3 is 10.2 Å². The van der Waals surface area contributed by atoms with Gasteiger partial charge in [0.25, 0.3) is 0 Å². The molecule has 1 aliphatic rings. The van der Waals surface area contributed by atoms with E-state index in [0.29, 0.717) is 0 Å². The number of carbonyl (C=O) groups is 2. The van der Waals surface area contributed by atoms with Crippen molar-refractivity contribution in [2.24, 2.45) is 5.92 Å². The standard InChI is InChI=1S/C20H21FN2O4S/c1-13(14-7-9-16(10-8-14)28(2,26)27)22-20(25)15-11-19(24)23(12-15)18-6-4-3-5-17(18)21/h3-10,13,15H,11-12H2,1-2H3,(H,22,25)/t13-,15-/m1/s1. The summed E-state index contributed by atoms with van der Waals surface area (Å²) in [5.41, 5.74) is 0.920. The van der Waals surface area contributed by atoms with Gasteiger partial charge in [0, 0.05) is 19.2 Å². The molecule has 2 atom stereocenters. The van der Waals surface area contributed by atoms with Crippen molar-refractivity contribution in [3.63, 3.8) is 0 Å². The van der Waals surface area contributed by atoms with E-state index in [1.54, 1.807) is 31.2 Å². The number of hydrogen-bond acceptors (Lipinski definition) is 4. The molecule has 1 heterocycles. The minimum Gasteiger partial charge on any atom is -0.349 e. The number of amides is 2. The fourth-order valence-electron chi connectivity index (χ4n) is 3.20. The third-order valence-corrected chi connectivity index (χ3v) is 5.93. The van der Waals surface area contributed by atoms with Crippen LogP contribution >= 0.6 is 0 Å². The summed E-state index contributed by atoms with van der Waals surface area (Å²) in [5, 5.41) is 2.84. The molecule has 2 aromatic carbocycles. The fourth-order valence-corrected chi connectivity index (χ4v) is 3.84. The van der Waals surface area contributed by atoms with Crippen molar-refractivity contribution in [3.05, 3.63) is 59.9 Å². The van der Waals surface area contributed by atoms with Crippen LogP contribution in [0.4, 0.5) is 10.1 Å². The molecule has 1 N–H and O–H groups in total. The van der Waals surface area contributed by atoms with E-state index in [1.165, 1.54) is 29.2 Å². The van der Waals surface area contributed by atoms with Gasteiger partial charge in [0.2, 0.25) is 11.8 Å². The quantitative estimate of drug-likeness (QED) is 0.830. The Morgan fingerprint density at radius 3 is 2.43 bits per heavy atom. The van der Waals surface area contributed by atoms with Crippen molar-refractivity contribution >= 4 is 27.3 Å². The van der Waals surface area contributed by atoms with Crippen LogP contribution in [0.2, 0.25) is 0 Å². The summed E-state index contributed by atoms with van der Waals surface area (Å²) in [6, 6.07) is 11.9. The number of sulfone groups is 1. The maximum atomic E-state index is 14.0. The topological polar surface area (TPSA) is 83.6 Å². The number of rotatable bonds is 5. The predicted molar refractivity (Wildman–Crippen MR) is 103 cm³/mol. The minimum atomic E-state index is -3.28. The second-order valence-electron chi connectivity index (χ2n) is 6.93. The zero-order valence-corrected chi connectivity index (χ0v) is 16.4. The molecular weight excluding hydrogens is 383 g/mol. The van der Waals surface area contributed by atoms with Gasteiger partial charge in [-0.3, -0.25) is 9.59 Å². The summed E-state index contributed by atoms with van der Waals surface area (Å²) in [4.78, 5) is 26.3. The fraction of sp³-hybridized carbons (Fsp3) is 0.300. The molecule has 2 amide bonds. The van der Waals surface area contributed by atoms with Crippen molar-refractivity contribution in [1.82, 2.24) is 5.32 Å². The highest BCUT2D eigenvalue weighted by molar-refractivity contribution is 7.90. The van der Waals surface area contributed by atoms with Crippen LogP contribution in [0.1, 0.15) is 24.9 Å². The Morgan fingerprint density at radius 2 is 1.82 bits per heavy atom. The molecule has 0 spiro atoms. The predicted octanol–water partition coefficient (Wildman–Crippen LogP) is 2.46. The van der Waals surface area contributed by atoms with Crippen LogP contribution in [0.15, 0.2) is 53.4 Å². The largest absolute Gasteiger partial charge is 0.349 e. The summed E-state index contributed by atoms with van der Waals surface area (Å²) in [6.45, 7) is 1.89. The van der Waals surface area contributed by atoms with E-state index in [4.69, 9.17) is 0 Å². The second-order valence-corrected chi connectivity index (χ2v) is 8.94. The van der Waals surface area contributed by atoms with Crippen LogP contribution in [-0.4, -0.2) is 33.0 Å². The van der Waals surface area contributed by atoms with Gasteiger partial charge >= 0.3 is 0 Å². The minimum absolute atomic E-state index is 0.0138. The Balaban J connectivity index is 1.66. The number of para-hydroxylation sites is 1. The molecule has 148 valence electrons. The summed E-state index contributed by atoms with van der Waals surface area (Å²) >= 11 is 0. The van der Waals surface area contributed by atoms with Crippen LogP contribution in [0.25, 0.3) is 0 Å². The molecule has 0 unspecified atom stereocenters. The molecule has 3 rings (SSSR count). The average molecular weight is 404 g/mol. The molecule has 2 aromatic rings. The SMILES string of the molecule is C[C@@H](NC(=O)[C@@H]1CC(=O)N(c2ccccc2F)C1)c1ccc(S(C)(=O)=O)cc1. The van der Waals surface area contributed by atoms with Gasteiger partial charge in [0.15, 0.2) is 9.84 Å². The monoisotopic (exact) mass is 404 g/mol. The third kappa shape index (κ3) is 4.22. The van der Waals surface area contributed by atoms with Gasteiger partial charge in [-0.2, -0.15) is 0 Å². The van der Waals surface area contributed by atoms with E-state index in [0.717, 1.165) is 11.8 Å². The lowest BCUT2D eigenvalue weighted by Crippen LogP contribution is -2.34. The van der Waals surface area contributed by atoms with Crippen LogP contribution in [0, 0.1) is 11.7 Å². The number of nitrogens with zero attached hydrogens (tertiary/aromatic N) is 1. The van der Waals surface area contributed by atoms with Crippen LogP contribution < -0.4 is 10.2 Å². The Hall–Kier alpha value is -2.74. The number of benzene rings is 2. The zero-order chi connectivity index (χ0) is 20.5. The van der Waals surface area contributed by atoms with Crippen molar-refractivity contribution in [2.75, 3.05) is 17.7 Å². The molecule has 6 nitrogen and oxygen atoms in total. The van der Waals surface area contributed by atoms with E-state index in [1.807, 2.05) is 0 Å². The summed E-state index contributed by atoms with van der Waals surface area (Å²) in [5.74, 6) is -1.68. The third-order valence-electron chi connectivity index (χ3n) is 4.81. The van der Waals surface area contributed by atoms with Gasteiger partial charge in [-0.1, -0.05) is 24.3 Å². The lowest BCUT2D eigenvalue weighted by Gasteiger charge is -2.19. The molecule has 0 aliphatic carbocycles. The molecule has 0 aromatic heterocycles.